The molecule has 0 spiro atoms. The molecule has 94 valence electrons. The molecule has 18 heavy (non-hydrogen) atoms. The Morgan fingerprint density at radius 1 is 1.44 bits per heavy atom. The second-order valence-corrected chi connectivity index (χ2v) is 4.53. The number of amides is 1. The number of rotatable bonds is 3. The maximum atomic E-state index is 11.5. The molecule has 0 radical (unpaired) electrons. The molecule has 1 amide bonds. The Bertz CT molecular complexity index is 484. The lowest BCUT2D eigenvalue weighted by Gasteiger charge is -2.21. The van der Waals surface area contributed by atoms with Crippen molar-refractivity contribution in [3.05, 3.63) is 23.8 Å². The number of hydrogen-bond donors (Lipinski definition) is 1. The average molecular weight is 243 g/mol. The van der Waals surface area contributed by atoms with Crippen molar-refractivity contribution >= 4 is 17.3 Å². The Labute approximate surface area is 107 Å². The van der Waals surface area contributed by atoms with Gasteiger partial charge in [-0.05, 0) is 37.5 Å². The van der Waals surface area contributed by atoms with Crippen LogP contribution in [0, 0.1) is 18.3 Å². The van der Waals surface area contributed by atoms with E-state index >= 15 is 0 Å². The summed E-state index contributed by atoms with van der Waals surface area (Å²) < 4.78 is 0. The first kappa shape index (κ1) is 12.4. The summed E-state index contributed by atoms with van der Waals surface area (Å²) in [5, 5.41) is 11.3. The van der Waals surface area contributed by atoms with Gasteiger partial charge in [0.05, 0.1) is 6.07 Å². The van der Waals surface area contributed by atoms with Crippen LogP contribution in [-0.2, 0) is 4.79 Å². The summed E-state index contributed by atoms with van der Waals surface area (Å²) in [6, 6.07) is 7.76. The SMILES string of the molecule is Cc1c(NC(=O)CC#N)cccc1N1CCCC1. The van der Waals surface area contributed by atoms with Gasteiger partial charge < -0.3 is 10.2 Å². The maximum Gasteiger partial charge on any atom is 0.238 e. The molecule has 0 unspecified atom stereocenters. The highest BCUT2D eigenvalue weighted by Crippen LogP contribution is 2.29. The Morgan fingerprint density at radius 2 is 2.17 bits per heavy atom. The third kappa shape index (κ3) is 2.62. The molecule has 1 aliphatic rings. The molecule has 2 rings (SSSR count). The first-order valence-electron chi connectivity index (χ1n) is 6.23. The van der Waals surface area contributed by atoms with Crippen LogP contribution in [-0.4, -0.2) is 19.0 Å². The van der Waals surface area contributed by atoms with Crippen molar-refractivity contribution in [3.8, 4) is 6.07 Å². The van der Waals surface area contributed by atoms with Crippen molar-refractivity contribution < 1.29 is 4.79 Å². The van der Waals surface area contributed by atoms with Crippen molar-refractivity contribution in [1.29, 1.82) is 5.26 Å². The quantitative estimate of drug-likeness (QED) is 0.887. The van der Waals surface area contributed by atoms with Crippen LogP contribution in [0.2, 0.25) is 0 Å². The smallest absolute Gasteiger partial charge is 0.238 e. The van der Waals surface area contributed by atoms with Crippen LogP contribution < -0.4 is 10.2 Å². The van der Waals surface area contributed by atoms with E-state index in [0.29, 0.717) is 0 Å². The van der Waals surface area contributed by atoms with E-state index in [1.807, 2.05) is 25.1 Å². The van der Waals surface area contributed by atoms with Crippen LogP contribution in [0.15, 0.2) is 18.2 Å². The van der Waals surface area contributed by atoms with Crippen LogP contribution >= 0.6 is 0 Å². The minimum Gasteiger partial charge on any atom is -0.371 e. The van der Waals surface area contributed by atoms with Gasteiger partial charge >= 0.3 is 0 Å². The van der Waals surface area contributed by atoms with Gasteiger partial charge in [-0.2, -0.15) is 5.26 Å². The lowest BCUT2D eigenvalue weighted by molar-refractivity contribution is -0.115. The Kier molecular flexibility index (Phi) is 3.83. The summed E-state index contributed by atoms with van der Waals surface area (Å²) in [5.41, 5.74) is 3.06. The molecule has 0 aromatic heterocycles. The number of nitriles is 1. The predicted octanol–water partition coefficient (Wildman–Crippen LogP) is 2.45. The normalized spacial score (nSPS) is 14.3. The molecule has 0 saturated carbocycles. The molecule has 1 aromatic carbocycles. The molecule has 1 aliphatic heterocycles. The average Bonchev–Trinajstić information content (AvgIpc) is 2.86. The zero-order valence-electron chi connectivity index (χ0n) is 10.6. The van der Waals surface area contributed by atoms with Gasteiger partial charge in [-0.25, -0.2) is 0 Å². The third-order valence-corrected chi connectivity index (χ3v) is 3.27. The topological polar surface area (TPSA) is 56.1 Å². The van der Waals surface area contributed by atoms with Crippen LogP contribution in [0.1, 0.15) is 24.8 Å². The minimum atomic E-state index is -0.251. The van der Waals surface area contributed by atoms with Gasteiger partial charge in [0, 0.05) is 24.5 Å². The van der Waals surface area contributed by atoms with E-state index in [0.717, 1.165) is 24.3 Å². The van der Waals surface area contributed by atoms with Gasteiger partial charge in [0.15, 0.2) is 0 Å². The number of anilines is 2. The molecular weight excluding hydrogens is 226 g/mol. The minimum absolute atomic E-state index is 0.104. The fraction of sp³-hybridized carbons (Fsp3) is 0.429. The molecule has 1 fully saturated rings. The Balaban J connectivity index is 2.19. The highest BCUT2D eigenvalue weighted by molar-refractivity contribution is 5.93. The molecule has 4 nitrogen and oxygen atoms in total. The summed E-state index contributed by atoms with van der Waals surface area (Å²) in [6.45, 7) is 4.17. The van der Waals surface area contributed by atoms with Crippen LogP contribution in [0.4, 0.5) is 11.4 Å². The fourth-order valence-electron chi connectivity index (χ4n) is 2.33. The number of hydrogen-bond acceptors (Lipinski definition) is 3. The van der Waals surface area contributed by atoms with Crippen LogP contribution in [0.3, 0.4) is 0 Å². The Hall–Kier alpha value is -2.02. The zero-order valence-corrected chi connectivity index (χ0v) is 10.6. The molecule has 0 atom stereocenters. The first-order chi connectivity index (χ1) is 8.72. The molecule has 0 bridgehead atoms. The standard InChI is InChI=1S/C14H17N3O/c1-11-12(16-14(18)7-8-15)5-4-6-13(11)17-9-2-3-10-17/h4-6H,2-3,7,9-10H2,1H3,(H,16,18). The monoisotopic (exact) mass is 243 g/mol. The summed E-state index contributed by atoms with van der Waals surface area (Å²) in [5.74, 6) is -0.251. The third-order valence-electron chi connectivity index (χ3n) is 3.27. The summed E-state index contributed by atoms with van der Waals surface area (Å²) in [7, 11) is 0. The summed E-state index contributed by atoms with van der Waals surface area (Å²) in [4.78, 5) is 13.8. The lowest BCUT2D eigenvalue weighted by Crippen LogP contribution is -2.19. The van der Waals surface area contributed by atoms with Gasteiger partial charge in [-0.15, -0.1) is 0 Å². The van der Waals surface area contributed by atoms with Crippen molar-refractivity contribution in [2.24, 2.45) is 0 Å². The number of carbonyl (C=O) groups excluding carboxylic acids is 1. The van der Waals surface area contributed by atoms with Gasteiger partial charge in [0.25, 0.3) is 0 Å². The lowest BCUT2D eigenvalue weighted by atomic mass is 10.1. The number of benzene rings is 1. The molecule has 4 heteroatoms. The van der Waals surface area contributed by atoms with Gasteiger partial charge in [-0.1, -0.05) is 6.07 Å². The van der Waals surface area contributed by atoms with E-state index in [4.69, 9.17) is 5.26 Å². The van der Waals surface area contributed by atoms with Gasteiger partial charge in [0.1, 0.15) is 6.42 Å². The van der Waals surface area contributed by atoms with Crippen LogP contribution in [0.25, 0.3) is 0 Å². The van der Waals surface area contributed by atoms with Crippen molar-refractivity contribution in [1.82, 2.24) is 0 Å². The molecule has 1 heterocycles. The van der Waals surface area contributed by atoms with Gasteiger partial charge in [-0.3, -0.25) is 4.79 Å². The maximum absolute atomic E-state index is 11.5. The number of nitrogens with one attached hydrogen (secondary N) is 1. The van der Waals surface area contributed by atoms with Crippen molar-refractivity contribution in [2.45, 2.75) is 26.2 Å². The van der Waals surface area contributed by atoms with E-state index in [1.165, 1.54) is 18.5 Å². The van der Waals surface area contributed by atoms with E-state index in [2.05, 4.69) is 16.3 Å². The summed E-state index contributed by atoms with van der Waals surface area (Å²) >= 11 is 0. The van der Waals surface area contributed by atoms with Gasteiger partial charge in [0.2, 0.25) is 5.91 Å². The first-order valence-corrected chi connectivity index (χ1v) is 6.23. The molecule has 1 N–H and O–H groups in total. The van der Waals surface area contributed by atoms with Crippen LogP contribution in [0.5, 0.6) is 0 Å². The second kappa shape index (κ2) is 5.54. The van der Waals surface area contributed by atoms with E-state index in [9.17, 15) is 4.79 Å². The van der Waals surface area contributed by atoms with E-state index in [1.54, 1.807) is 0 Å². The van der Waals surface area contributed by atoms with E-state index < -0.39 is 0 Å². The fourth-order valence-corrected chi connectivity index (χ4v) is 2.33. The zero-order chi connectivity index (χ0) is 13.0. The van der Waals surface area contributed by atoms with Crippen molar-refractivity contribution in [2.75, 3.05) is 23.3 Å². The Morgan fingerprint density at radius 3 is 2.83 bits per heavy atom. The number of carbonyl (C=O) groups is 1. The highest BCUT2D eigenvalue weighted by Gasteiger charge is 2.16. The number of nitrogens with zero attached hydrogens (tertiary/aromatic N) is 2. The highest BCUT2D eigenvalue weighted by atomic mass is 16.1. The largest absolute Gasteiger partial charge is 0.371 e. The summed E-state index contributed by atoms with van der Waals surface area (Å²) in [6.07, 6.45) is 2.35. The molecule has 1 aromatic rings. The molecule has 0 aliphatic carbocycles. The van der Waals surface area contributed by atoms with Crippen molar-refractivity contribution in [3.63, 3.8) is 0 Å². The second-order valence-electron chi connectivity index (χ2n) is 4.53. The molecular formula is C14H17N3O. The van der Waals surface area contributed by atoms with E-state index in [-0.39, 0.29) is 12.3 Å². The predicted molar refractivity (Wildman–Crippen MR) is 71.5 cm³/mol. The molecule has 1 saturated heterocycles.